The Kier molecular flexibility index (Phi) is 4.02. The largest absolute Gasteiger partial charge is 0.324 e. The Balaban J connectivity index is 1.83. The smallest absolute Gasteiger partial charge is 0.126 e. The molecule has 2 N–H and O–H groups in total. The molecule has 2 aromatic carbocycles. The molecule has 0 radical (unpaired) electrons. The summed E-state index contributed by atoms with van der Waals surface area (Å²) < 4.78 is 26.5. The van der Waals surface area contributed by atoms with E-state index in [1.54, 1.807) is 0 Å². The van der Waals surface area contributed by atoms with Crippen LogP contribution in [0.1, 0.15) is 47.9 Å². The zero-order valence-corrected chi connectivity index (χ0v) is 11.9. The molecule has 3 rings (SSSR count). The van der Waals surface area contributed by atoms with Crippen LogP contribution in [0.15, 0.2) is 42.5 Å². The highest BCUT2D eigenvalue weighted by molar-refractivity contribution is 5.35. The molecule has 0 heterocycles. The maximum absolute atomic E-state index is 13.3. The molecule has 1 saturated carbocycles. The third-order valence-corrected chi connectivity index (χ3v) is 4.32. The summed E-state index contributed by atoms with van der Waals surface area (Å²) in [6, 6.07) is 11.5. The highest BCUT2D eigenvalue weighted by atomic mass is 19.1. The predicted molar refractivity (Wildman–Crippen MR) is 80.0 cm³/mol. The Bertz CT molecular complexity index is 615. The zero-order chi connectivity index (χ0) is 14.8. The fourth-order valence-corrected chi connectivity index (χ4v) is 3.03. The molecule has 1 nitrogen and oxygen atoms in total. The average Bonchev–Trinajstić information content (AvgIpc) is 2.36. The summed E-state index contributed by atoms with van der Waals surface area (Å²) in [6.07, 6.45) is 4.12. The van der Waals surface area contributed by atoms with Crippen LogP contribution in [-0.2, 0) is 6.42 Å². The van der Waals surface area contributed by atoms with Crippen LogP contribution in [0, 0.1) is 11.6 Å². The van der Waals surface area contributed by atoms with Gasteiger partial charge in [0.2, 0.25) is 0 Å². The van der Waals surface area contributed by atoms with E-state index in [2.05, 4.69) is 6.07 Å². The van der Waals surface area contributed by atoms with Crippen LogP contribution >= 0.6 is 0 Å². The number of benzene rings is 2. The van der Waals surface area contributed by atoms with Gasteiger partial charge < -0.3 is 5.73 Å². The first kappa shape index (κ1) is 14.2. The van der Waals surface area contributed by atoms with Crippen LogP contribution in [0.4, 0.5) is 8.78 Å². The second-order valence-corrected chi connectivity index (χ2v) is 5.85. The molecule has 1 aliphatic carbocycles. The molecule has 110 valence electrons. The monoisotopic (exact) mass is 287 g/mol. The lowest BCUT2D eigenvalue weighted by molar-refractivity contribution is 0.415. The third kappa shape index (κ3) is 3.13. The maximum atomic E-state index is 13.3. The van der Waals surface area contributed by atoms with E-state index in [1.165, 1.54) is 37.0 Å². The molecule has 0 bridgehead atoms. The lowest BCUT2D eigenvalue weighted by Crippen LogP contribution is -2.19. The van der Waals surface area contributed by atoms with Crippen LogP contribution in [0.25, 0.3) is 0 Å². The van der Waals surface area contributed by atoms with E-state index in [0.29, 0.717) is 17.9 Å². The van der Waals surface area contributed by atoms with Crippen molar-refractivity contribution in [3.63, 3.8) is 0 Å². The van der Waals surface area contributed by atoms with Crippen LogP contribution in [0.3, 0.4) is 0 Å². The van der Waals surface area contributed by atoms with Crippen molar-refractivity contribution in [1.29, 1.82) is 0 Å². The predicted octanol–water partition coefficient (Wildman–Crippen LogP) is 4.47. The third-order valence-electron chi connectivity index (χ3n) is 4.32. The Morgan fingerprint density at radius 3 is 2.33 bits per heavy atom. The van der Waals surface area contributed by atoms with Gasteiger partial charge in [0.1, 0.15) is 11.6 Å². The van der Waals surface area contributed by atoms with Gasteiger partial charge in [-0.2, -0.15) is 0 Å². The molecule has 0 aromatic heterocycles. The quantitative estimate of drug-likeness (QED) is 0.882. The highest BCUT2D eigenvalue weighted by Gasteiger charge is 2.23. The van der Waals surface area contributed by atoms with E-state index in [0.717, 1.165) is 11.6 Å². The van der Waals surface area contributed by atoms with Crippen LogP contribution < -0.4 is 5.73 Å². The Hall–Kier alpha value is -1.74. The van der Waals surface area contributed by atoms with Gasteiger partial charge in [-0.15, -0.1) is 0 Å². The lowest BCUT2D eigenvalue weighted by Gasteiger charge is -2.29. The summed E-state index contributed by atoms with van der Waals surface area (Å²) in [7, 11) is 0. The summed E-state index contributed by atoms with van der Waals surface area (Å²) in [5.41, 5.74) is 9.30. The van der Waals surface area contributed by atoms with Crippen molar-refractivity contribution in [3.05, 3.63) is 70.8 Å². The van der Waals surface area contributed by atoms with Crippen molar-refractivity contribution >= 4 is 0 Å². The molecule has 21 heavy (non-hydrogen) atoms. The van der Waals surface area contributed by atoms with Gasteiger partial charge >= 0.3 is 0 Å². The second kappa shape index (κ2) is 5.94. The minimum Gasteiger partial charge on any atom is -0.324 e. The van der Waals surface area contributed by atoms with Crippen LogP contribution in [0.2, 0.25) is 0 Å². The highest BCUT2D eigenvalue weighted by Crippen LogP contribution is 2.39. The summed E-state index contributed by atoms with van der Waals surface area (Å²) >= 11 is 0. The topological polar surface area (TPSA) is 26.0 Å². The van der Waals surface area contributed by atoms with Gasteiger partial charge in [-0.25, -0.2) is 8.78 Å². The van der Waals surface area contributed by atoms with Gasteiger partial charge in [0, 0.05) is 12.1 Å². The number of halogens is 2. The second-order valence-electron chi connectivity index (χ2n) is 5.85. The van der Waals surface area contributed by atoms with Crippen molar-refractivity contribution in [1.82, 2.24) is 0 Å². The molecular formula is C18H19F2N. The zero-order valence-electron chi connectivity index (χ0n) is 11.9. The minimum absolute atomic E-state index is 0.233. The van der Waals surface area contributed by atoms with Gasteiger partial charge in [0.15, 0.2) is 0 Å². The van der Waals surface area contributed by atoms with E-state index in [-0.39, 0.29) is 6.04 Å². The molecule has 0 aliphatic heterocycles. The molecular weight excluding hydrogens is 268 g/mol. The van der Waals surface area contributed by atoms with Gasteiger partial charge in [-0.3, -0.25) is 0 Å². The molecule has 2 aromatic rings. The molecule has 3 heteroatoms. The standard InChI is InChI=1S/C18H19F2N/c19-14-8-12(9-15(20)11-14)10-18(21)17-7-2-1-6-16(17)13-4-3-5-13/h1-2,6-9,11,13,18H,3-5,10,21H2. The molecule has 0 spiro atoms. The van der Waals surface area contributed by atoms with Gasteiger partial charge in [0.25, 0.3) is 0 Å². The molecule has 1 unspecified atom stereocenters. The molecule has 1 fully saturated rings. The van der Waals surface area contributed by atoms with Gasteiger partial charge in [-0.05, 0) is 54.0 Å². The minimum atomic E-state index is -0.551. The maximum Gasteiger partial charge on any atom is 0.126 e. The first-order valence-electron chi connectivity index (χ1n) is 7.43. The first-order chi connectivity index (χ1) is 10.1. The van der Waals surface area contributed by atoms with Crippen molar-refractivity contribution in [2.24, 2.45) is 5.73 Å². The van der Waals surface area contributed by atoms with Crippen molar-refractivity contribution in [3.8, 4) is 0 Å². The first-order valence-corrected chi connectivity index (χ1v) is 7.43. The Morgan fingerprint density at radius 1 is 1.05 bits per heavy atom. The van der Waals surface area contributed by atoms with Crippen LogP contribution in [-0.4, -0.2) is 0 Å². The Morgan fingerprint density at radius 2 is 1.71 bits per heavy atom. The van der Waals surface area contributed by atoms with Crippen LogP contribution in [0.5, 0.6) is 0 Å². The average molecular weight is 287 g/mol. The molecule has 0 amide bonds. The van der Waals surface area contributed by atoms with Gasteiger partial charge in [-0.1, -0.05) is 30.7 Å². The fourth-order valence-electron chi connectivity index (χ4n) is 3.03. The van der Waals surface area contributed by atoms with Crippen molar-refractivity contribution in [2.75, 3.05) is 0 Å². The fraction of sp³-hybridized carbons (Fsp3) is 0.333. The summed E-state index contributed by atoms with van der Waals surface area (Å²) in [5.74, 6) is -0.509. The van der Waals surface area contributed by atoms with E-state index in [9.17, 15) is 8.78 Å². The SMILES string of the molecule is NC(Cc1cc(F)cc(F)c1)c1ccccc1C1CCC1. The van der Waals surface area contributed by atoms with E-state index < -0.39 is 11.6 Å². The van der Waals surface area contributed by atoms with E-state index in [4.69, 9.17) is 5.73 Å². The number of hydrogen-bond acceptors (Lipinski definition) is 1. The number of hydrogen-bond donors (Lipinski definition) is 1. The normalized spacial score (nSPS) is 16.5. The molecule has 1 aliphatic rings. The lowest BCUT2D eigenvalue weighted by atomic mass is 9.77. The van der Waals surface area contributed by atoms with Crippen molar-refractivity contribution in [2.45, 2.75) is 37.6 Å². The van der Waals surface area contributed by atoms with Gasteiger partial charge in [0.05, 0.1) is 0 Å². The number of nitrogens with two attached hydrogens (primary N) is 1. The van der Waals surface area contributed by atoms with E-state index in [1.807, 2.05) is 18.2 Å². The molecule has 1 atom stereocenters. The summed E-state index contributed by atoms with van der Waals surface area (Å²) in [6.45, 7) is 0. The summed E-state index contributed by atoms with van der Waals surface area (Å²) in [4.78, 5) is 0. The Labute approximate surface area is 123 Å². The van der Waals surface area contributed by atoms with Crippen molar-refractivity contribution < 1.29 is 8.78 Å². The summed E-state index contributed by atoms with van der Waals surface area (Å²) in [5, 5.41) is 0. The molecule has 0 saturated heterocycles. The van der Waals surface area contributed by atoms with E-state index >= 15 is 0 Å². The number of rotatable bonds is 4.